The number of hydrogen-bond donors (Lipinski definition) is 1. The van der Waals surface area contributed by atoms with Crippen molar-refractivity contribution < 1.29 is 4.74 Å². The minimum Gasteiger partial charge on any atom is -0.478 e. The normalized spacial score (nSPS) is 14.9. The number of ether oxygens (including phenoxy) is 1. The van der Waals surface area contributed by atoms with E-state index < -0.39 is 0 Å². The fourth-order valence-corrected chi connectivity index (χ4v) is 1.92. The number of aryl methyl sites for hydroxylation is 1. The van der Waals surface area contributed by atoms with Crippen LogP contribution in [0, 0.1) is 5.92 Å². The van der Waals surface area contributed by atoms with Crippen molar-refractivity contribution in [2.75, 3.05) is 13.7 Å². The third-order valence-corrected chi connectivity index (χ3v) is 3.13. The Kier molecular flexibility index (Phi) is 4.37. The molecule has 2 rings (SSSR count). The van der Waals surface area contributed by atoms with Crippen LogP contribution in [0.25, 0.3) is 0 Å². The Morgan fingerprint density at radius 2 is 2.24 bits per heavy atom. The van der Waals surface area contributed by atoms with Crippen LogP contribution in [-0.4, -0.2) is 18.6 Å². The van der Waals surface area contributed by atoms with E-state index in [0.717, 1.165) is 37.1 Å². The van der Waals surface area contributed by atoms with Crippen molar-refractivity contribution in [3.63, 3.8) is 0 Å². The first kappa shape index (κ1) is 12.4. The summed E-state index contributed by atoms with van der Waals surface area (Å²) in [5, 5.41) is 3.16. The molecule has 1 saturated carbocycles. The molecule has 1 N–H and O–H groups in total. The van der Waals surface area contributed by atoms with Crippen LogP contribution in [0.4, 0.5) is 0 Å². The van der Waals surface area contributed by atoms with Gasteiger partial charge < -0.3 is 10.1 Å². The number of aromatic nitrogens is 1. The minimum absolute atomic E-state index is 0.787. The molecular formula is C14H22N2O. The highest BCUT2D eigenvalue weighted by atomic mass is 16.5. The van der Waals surface area contributed by atoms with Crippen LogP contribution in [0.15, 0.2) is 12.1 Å². The second-order valence-electron chi connectivity index (χ2n) is 4.77. The van der Waals surface area contributed by atoms with Gasteiger partial charge in [0, 0.05) is 18.3 Å². The van der Waals surface area contributed by atoms with Gasteiger partial charge in [-0.1, -0.05) is 19.8 Å². The predicted molar refractivity (Wildman–Crippen MR) is 69.2 cm³/mol. The Balaban J connectivity index is 1.94. The van der Waals surface area contributed by atoms with Gasteiger partial charge in [0.05, 0.1) is 6.61 Å². The zero-order chi connectivity index (χ0) is 12.1. The van der Waals surface area contributed by atoms with Gasteiger partial charge >= 0.3 is 0 Å². The molecule has 0 spiro atoms. The summed E-state index contributed by atoms with van der Waals surface area (Å²) in [7, 11) is 1.96. The molecule has 0 atom stereocenters. The van der Waals surface area contributed by atoms with E-state index in [2.05, 4.69) is 23.3 Å². The molecule has 0 unspecified atom stereocenters. The van der Waals surface area contributed by atoms with Crippen LogP contribution < -0.4 is 10.1 Å². The molecule has 0 aromatic carbocycles. The maximum Gasteiger partial charge on any atom is 0.213 e. The number of nitrogens with one attached hydrogen (secondary N) is 1. The summed E-state index contributed by atoms with van der Waals surface area (Å²) in [4.78, 5) is 4.50. The lowest BCUT2D eigenvalue weighted by atomic mass is 10.2. The lowest BCUT2D eigenvalue weighted by Crippen LogP contribution is -2.08. The first-order valence-electron chi connectivity index (χ1n) is 6.59. The molecule has 3 heteroatoms. The second-order valence-corrected chi connectivity index (χ2v) is 4.77. The van der Waals surface area contributed by atoms with Crippen molar-refractivity contribution >= 4 is 0 Å². The average Bonchev–Trinajstić information content (AvgIpc) is 3.13. The van der Waals surface area contributed by atoms with Gasteiger partial charge in [0.15, 0.2) is 0 Å². The number of nitrogens with zero attached hydrogens (tertiary/aromatic N) is 1. The second kappa shape index (κ2) is 6.01. The Morgan fingerprint density at radius 3 is 2.88 bits per heavy atom. The van der Waals surface area contributed by atoms with Gasteiger partial charge in [-0.2, -0.15) is 0 Å². The van der Waals surface area contributed by atoms with E-state index in [0.29, 0.717) is 0 Å². The maximum atomic E-state index is 5.75. The van der Waals surface area contributed by atoms with Gasteiger partial charge in [0.25, 0.3) is 0 Å². The Bertz CT molecular complexity index is 361. The molecule has 0 radical (unpaired) electrons. The largest absolute Gasteiger partial charge is 0.478 e. The highest BCUT2D eigenvalue weighted by Gasteiger charge is 2.20. The first-order chi connectivity index (χ1) is 8.31. The smallest absolute Gasteiger partial charge is 0.213 e. The van der Waals surface area contributed by atoms with Crippen molar-refractivity contribution in [2.45, 2.75) is 39.2 Å². The van der Waals surface area contributed by atoms with Gasteiger partial charge in [-0.25, -0.2) is 4.98 Å². The fourth-order valence-electron chi connectivity index (χ4n) is 1.92. The Hall–Kier alpha value is -1.09. The molecule has 1 aliphatic carbocycles. The van der Waals surface area contributed by atoms with E-state index in [9.17, 15) is 0 Å². The molecule has 0 saturated heterocycles. The lowest BCUT2D eigenvalue weighted by molar-refractivity contribution is 0.290. The molecule has 1 aromatic rings. The summed E-state index contributed by atoms with van der Waals surface area (Å²) in [6.45, 7) is 3.80. The van der Waals surface area contributed by atoms with Crippen LogP contribution in [-0.2, 0) is 13.0 Å². The standard InChI is InChI=1S/C14H22N2O/c1-3-13-8-12(10-15-2)9-14(16-13)17-7-6-11-4-5-11/h8-9,11,15H,3-7,10H2,1-2H3. The molecule has 1 heterocycles. The van der Waals surface area contributed by atoms with Crippen molar-refractivity contribution in [3.8, 4) is 5.88 Å². The Morgan fingerprint density at radius 1 is 1.41 bits per heavy atom. The summed E-state index contributed by atoms with van der Waals surface area (Å²) in [6, 6.07) is 4.19. The monoisotopic (exact) mass is 234 g/mol. The van der Waals surface area contributed by atoms with E-state index in [1.54, 1.807) is 0 Å². The average molecular weight is 234 g/mol. The molecule has 0 bridgehead atoms. The van der Waals surface area contributed by atoms with Crippen LogP contribution in [0.1, 0.15) is 37.4 Å². The molecule has 1 aromatic heterocycles. The predicted octanol–water partition coefficient (Wildman–Crippen LogP) is 2.54. The summed E-state index contributed by atoms with van der Waals surface area (Å²) < 4.78 is 5.75. The summed E-state index contributed by atoms with van der Waals surface area (Å²) in [5.41, 5.74) is 2.36. The quantitative estimate of drug-likeness (QED) is 0.787. The highest BCUT2D eigenvalue weighted by Crippen LogP contribution is 2.32. The van der Waals surface area contributed by atoms with Crippen LogP contribution in [0.5, 0.6) is 5.88 Å². The van der Waals surface area contributed by atoms with Crippen LogP contribution >= 0.6 is 0 Å². The van der Waals surface area contributed by atoms with Gasteiger partial charge in [0.2, 0.25) is 5.88 Å². The molecule has 17 heavy (non-hydrogen) atoms. The van der Waals surface area contributed by atoms with E-state index in [4.69, 9.17) is 4.74 Å². The molecule has 0 amide bonds. The fraction of sp³-hybridized carbons (Fsp3) is 0.643. The first-order valence-corrected chi connectivity index (χ1v) is 6.59. The van der Waals surface area contributed by atoms with Crippen LogP contribution in [0.2, 0.25) is 0 Å². The van der Waals surface area contributed by atoms with Crippen LogP contribution in [0.3, 0.4) is 0 Å². The van der Waals surface area contributed by atoms with Crippen molar-refractivity contribution in [1.29, 1.82) is 0 Å². The van der Waals surface area contributed by atoms with Crippen molar-refractivity contribution in [3.05, 3.63) is 23.4 Å². The SMILES string of the molecule is CCc1cc(CNC)cc(OCCC2CC2)n1. The molecule has 1 fully saturated rings. The molecule has 94 valence electrons. The van der Waals surface area contributed by atoms with E-state index >= 15 is 0 Å². The van der Waals surface area contributed by atoms with Gasteiger partial charge in [-0.05, 0) is 37.4 Å². The topological polar surface area (TPSA) is 34.1 Å². The minimum atomic E-state index is 0.787. The summed E-state index contributed by atoms with van der Waals surface area (Å²) >= 11 is 0. The number of rotatable bonds is 7. The van der Waals surface area contributed by atoms with Gasteiger partial charge in [-0.15, -0.1) is 0 Å². The molecule has 1 aliphatic rings. The lowest BCUT2D eigenvalue weighted by Gasteiger charge is -2.09. The van der Waals surface area contributed by atoms with Gasteiger partial charge in [-0.3, -0.25) is 0 Å². The van der Waals surface area contributed by atoms with E-state index in [1.165, 1.54) is 24.8 Å². The molecule has 3 nitrogen and oxygen atoms in total. The van der Waals surface area contributed by atoms with Crippen molar-refractivity contribution in [2.24, 2.45) is 5.92 Å². The zero-order valence-electron chi connectivity index (χ0n) is 10.8. The molecule has 0 aliphatic heterocycles. The summed E-state index contributed by atoms with van der Waals surface area (Å²) in [5.74, 6) is 1.70. The Labute approximate surface area is 104 Å². The maximum absolute atomic E-state index is 5.75. The number of hydrogen-bond acceptors (Lipinski definition) is 3. The summed E-state index contributed by atoms with van der Waals surface area (Å²) in [6.07, 6.45) is 4.91. The highest BCUT2D eigenvalue weighted by molar-refractivity contribution is 5.25. The third kappa shape index (κ3) is 4.00. The third-order valence-electron chi connectivity index (χ3n) is 3.13. The molecular weight excluding hydrogens is 212 g/mol. The zero-order valence-corrected chi connectivity index (χ0v) is 10.8. The van der Waals surface area contributed by atoms with Crippen molar-refractivity contribution in [1.82, 2.24) is 10.3 Å². The van der Waals surface area contributed by atoms with E-state index in [-0.39, 0.29) is 0 Å². The number of pyridine rings is 1. The van der Waals surface area contributed by atoms with E-state index in [1.807, 2.05) is 13.1 Å². The van der Waals surface area contributed by atoms with Gasteiger partial charge in [0.1, 0.15) is 0 Å².